The van der Waals surface area contributed by atoms with Gasteiger partial charge in [-0.15, -0.1) is 0 Å². The molecule has 2 aromatic rings. The van der Waals surface area contributed by atoms with Gasteiger partial charge in [0.05, 0.1) is 11.4 Å². The van der Waals surface area contributed by atoms with E-state index in [0.717, 1.165) is 12.0 Å². The van der Waals surface area contributed by atoms with Crippen molar-refractivity contribution in [3.63, 3.8) is 0 Å². The number of rotatable bonds is 8. The van der Waals surface area contributed by atoms with E-state index >= 15 is 0 Å². The Morgan fingerprint density at radius 2 is 1.54 bits per heavy atom. The first kappa shape index (κ1) is 18.1. The fourth-order valence-electron chi connectivity index (χ4n) is 2.91. The molecule has 0 unspecified atom stereocenters. The third-order valence-electron chi connectivity index (χ3n) is 4.27. The van der Waals surface area contributed by atoms with E-state index in [0.29, 0.717) is 17.2 Å². The van der Waals surface area contributed by atoms with Crippen LogP contribution in [0.15, 0.2) is 24.3 Å². The minimum atomic E-state index is -0.977. The summed E-state index contributed by atoms with van der Waals surface area (Å²) >= 11 is 0. The zero-order valence-electron chi connectivity index (χ0n) is 14.8. The van der Waals surface area contributed by atoms with Gasteiger partial charge in [0.2, 0.25) is 0 Å². The minimum absolute atomic E-state index is 0.197. The maximum atomic E-state index is 11.2. The Bertz CT molecular complexity index is 670. The maximum absolute atomic E-state index is 11.2. The summed E-state index contributed by atoms with van der Waals surface area (Å²) in [4.78, 5) is 19.9. The number of carbonyl (C=O) groups is 1. The van der Waals surface area contributed by atoms with Crippen molar-refractivity contribution in [2.75, 3.05) is 0 Å². The normalized spacial score (nSPS) is 10.8. The first-order valence-corrected chi connectivity index (χ1v) is 8.70. The summed E-state index contributed by atoms with van der Waals surface area (Å²) in [5.41, 5.74) is 3.45. The van der Waals surface area contributed by atoms with Crippen LogP contribution < -0.4 is 0 Å². The number of hydrogen-bond donors (Lipinski definition) is 1. The molecule has 0 atom stereocenters. The smallest absolute Gasteiger partial charge is 0.339 e. The SMILES string of the molecule is CCCCCCCc1ccc(-c2nc(C)c(C(=O)O)c(C)n2)cc1. The van der Waals surface area contributed by atoms with E-state index in [4.69, 9.17) is 0 Å². The van der Waals surface area contributed by atoms with Crippen LogP contribution in [0.5, 0.6) is 0 Å². The number of hydrogen-bond acceptors (Lipinski definition) is 3. The van der Waals surface area contributed by atoms with Crippen LogP contribution in [0, 0.1) is 13.8 Å². The number of carboxylic acids is 1. The van der Waals surface area contributed by atoms with Gasteiger partial charge in [-0.25, -0.2) is 14.8 Å². The molecule has 1 heterocycles. The van der Waals surface area contributed by atoms with Crippen LogP contribution in [0.3, 0.4) is 0 Å². The number of unbranched alkanes of at least 4 members (excludes halogenated alkanes) is 4. The molecule has 0 amide bonds. The van der Waals surface area contributed by atoms with E-state index in [2.05, 4.69) is 29.0 Å². The Kier molecular flexibility index (Phi) is 6.47. The van der Waals surface area contributed by atoms with E-state index in [1.807, 2.05) is 12.1 Å². The number of carboxylic acid groups (broad SMARTS) is 1. The lowest BCUT2D eigenvalue weighted by Gasteiger charge is -2.08. The van der Waals surface area contributed by atoms with Crippen molar-refractivity contribution >= 4 is 5.97 Å². The molecule has 4 heteroatoms. The summed E-state index contributed by atoms with van der Waals surface area (Å²) in [5.74, 6) is -0.389. The van der Waals surface area contributed by atoms with Crippen molar-refractivity contribution in [2.45, 2.75) is 59.3 Å². The molecular formula is C20H26N2O2. The van der Waals surface area contributed by atoms with Crippen molar-refractivity contribution in [1.29, 1.82) is 0 Å². The van der Waals surface area contributed by atoms with Crippen molar-refractivity contribution < 1.29 is 9.90 Å². The molecule has 0 aliphatic rings. The summed E-state index contributed by atoms with van der Waals surface area (Å²) in [7, 11) is 0. The summed E-state index contributed by atoms with van der Waals surface area (Å²) < 4.78 is 0. The van der Waals surface area contributed by atoms with Gasteiger partial charge in [-0.2, -0.15) is 0 Å². The molecule has 1 aromatic carbocycles. The van der Waals surface area contributed by atoms with Gasteiger partial charge in [0.25, 0.3) is 0 Å². The third kappa shape index (κ3) is 4.63. The molecule has 0 radical (unpaired) electrons. The van der Waals surface area contributed by atoms with Crippen molar-refractivity contribution in [3.8, 4) is 11.4 Å². The Balaban J connectivity index is 2.07. The molecule has 0 aliphatic carbocycles. The predicted molar refractivity (Wildman–Crippen MR) is 96.4 cm³/mol. The molecule has 0 aliphatic heterocycles. The highest BCUT2D eigenvalue weighted by molar-refractivity contribution is 5.90. The predicted octanol–water partition coefficient (Wildman–Crippen LogP) is 4.97. The quantitative estimate of drug-likeness (QED) is 0.696. The second-order valence-corrected chi connectivity index (χ2v) is 6.26. The van der Waals surface area contributed by atoms with Crippen LogP contribution >= 0.6 is 0 Å². The van der Waals surface area contributed by atoms with Gasteiger partial charge in [0.1, 0.15) is 5.56 Å². The topological polar surface area (TPSA) is 63.1 Å². The Morgan fingerprint density at radius 3 is 2.08 bits per heavy atom. The molecule has 0 spiro atoms. The Labute approximate surface area is 144 Å². The zero-order valence-corrected chi connectivity index (χ0v) is 14.8. The van der Waals surface area contributed by atoms with Gasteiger partial charge >= 0.3 is 5.97 Å². The highest BCUT2D eigenvalue weighted by Crippen LogP contribution is 2.20. The van der Waals surface area contributed by atoms with Gasteiger partial charge in [-0.05, 0) is 32.3 Å². The number of aromatic carboxylic acids is 1. The van der Waals surface area contributed by atoms with E-state index in [-0.39, 0.29) is 5.56 Å². The maximum Gasteiger partial charge on any atom is 0.339 e. The standard InChI is InChI=1S/C20H26N2O2/c1-4-5-6-7-8-9-16-10-12-17(13-11-16)19-21-14(2)18(20(23)24)15(3)22-19/h10-13H,4-9H2,1-3H3,(H,23,24). The van der Waals surface area contributed by atoms with E-state index in [1.54, 1.807) is 13.8 Å². The molecule has 1 N–H and O–H groups in total. The van der Waals surface area contributed by atoms with Crippen molar-refractivity contribution in [2.24, 2.45) is 0 Å². The third-order valence-corrected chi connectivity index (χ3v) is 4.27. The van der Waals surface area contributed by atoms with E-state index in [1.165, 1.54) is 37.7 Å². The van der Waals surface area contributed by atoms with Gasteiger partial charge < -0.3 is 5.11 Å². The van der Waals surface area contributed by atoms with E-state index in [9.17, 15) is 9.90 Å². The fraction of sp³-hybridized carbons (Fsp3) is 0.450. The van der Waals surface area contributed by atoms with Gasteiger partial charge in [-0.3, -0.25) is 0 Å². The van der Waals surface area contributed by atoms with E-state index < -0.39 is 5.97 Å². The zero-order chi connectivity index (χ0) is 17.5. The molecule has 0 saturated heterocycles. The lowest BCUT2D eigenvalue weighted by molar-refractivity contribution is 0.0694. The molecule has 4 nitrogen and oxygen atoms in total. The summed E-state index contributed by atoms with van der Waals surface area (Å²) in [6, 6.07) is 8.29. The molecule has 0 fully saturated rings. The van der Waals surface area contributed by atoms with Crippen LogP contribution in [0.25, 0.3) is 11.4 Å². The largest absolute Gasteiger partial charge is 0.478 e. The first-order valence-electron chi connectivity index (χ1n) is 8.70. The van der Waals surface area contributed by atoms with Gasteiger partial charge in [-0.1, -0.05) is 56.9 Å². The number of benzene rings is 1. The number of aryl methyl sites for hydroxylation is 3. The average Bonchev–Trinajstić information content (AvgIpc) is 2.54. The van der Waals surface area contributed by atoms with Crippen LogP contribution in [-0.4, -0.2) is 21.0 Å². The second-order valence-electron chi connectivity index (χ2n) is 6.26. The lowest BCUT2D eigenvalue weighted by atomic mass is 10.0. The number of aromatic nitrogens is 2. The molecule has 24 heavy (non-hydrogen) atoms. The van der Waals surface area contributed by atoms with Gasteiger partial charge in [0.15, 0.2) is 5.82 Å². The monoisotopic (exact) mass is 326 g/mol. The average molecular weight is 326 g/mol. The Hall–Kier alpha value is -2.23. The van der Waals surface area contributed by atoms with Gasteiger partial charge in [0, 0.05) is 5.56 Å². The molecular weight excluding hydrogens is 300 g/mol. The highest BCUT2D eigenvalue weighted by Gasteiger charge is 2.15. The fourth-order valence-corrected chi connectivity index (χ4v) is 2.91. The number of nitrogens with zero attached hydrogens (tertiary/aromatic N) is 2. The van der Waals surface area contributed by atoms with Crippen molar-refractivity contribution in [3.05, 3.63) is 46.8 Å². The molecule has 0 bridgehead atoms. The van der Waals surface area contributed by atoms with Crippen LogP contribution in [-0.2, 0) is 6.42 Å². The molecule has 1 aromatic heterocycles. The van der Waals surface area contributed by atoms with Crippen LogP contribution in [0.1, 0.15) is 66.3 Å². The summed E-state index contributed by atoms with van der Waals surface area (Å²) in [5, 5.41) is 9.20. The summed E-state index contributed by atoms with van der Waals surface area (Å²) in [6.45, 7) is 5.66. The lowest BCUT2D eigenvalue weighted by Crippen LogP contribution is -2.08. The first-order chi connectivity index (χ1) is 11.5. The molecule has 2 rings (SSSR count). The minimum Gasteiger partial charge on any atom is -0.478 e. The summed E-state index contributed by atoms with van der Waals surface area (Å²) in [6.07, 6.45) is 7.52. The Morgan fingerprint density at radius 1 is 0.958 bits per heavy atom. The van der Waals surface area contributed by atoms with Crippen molar-refractivity contribution in [1.82, 2.24) is 9.97 Å². The molecule has 0 saturated carbocycles. The molecule has 128 valence electrons. The van der Waals surface area contributed by atoms with Crippen LogP contribution in [0.2, 0.25) is 0 Å². The van der Waals surface area contributed by atoms with Crippen LogP contribution in [0.4, 0.5) is 0 Å². The second kappa shape index (κ2) is 8.57. The highest BCUT2D eigenvalue weighted by atomic mass is 16.4.